The molecule has 0 spiro atoms. The molecule has 2 nitrogen and oxygen atoms in total. The number of benzene rings is 4. The Labute approximate surface area is 309 Å². The molecule has 0 saturated heterocycles. The van der Waals surface area contributed by atoms with Crippen LogP contribution in [0.1, 0.15) is 45.2 Å². The summed E-state index contributed by atoms with van der Waals surface area (Å²) < 4.78 is 3.30. The summed E-state index contributed by atoms with van der Waals surface area (Å²) in [5.74, 6) is 1.34. The molecular formula is C35H21Br3Cl2N2Zr. The van der Waals surface area contributed by atoms with Crippen molar-refractivity contribution in [3.8, 4) is 0 Å². The number of fused-ring (bicyclic) bond motifs is 3. The minimum atomic E-state index is 0. The molecule has 2 unspecified atom stereocenters. The fraction of sp³-hybridized carbons (Fsp3) is 0.0571. The van der Waals surface area contributed by atoms with Crippen LogP contribution in [0.2, 0.25) is 0 Å². The van der Waals surface area contributed by atoms with Gasteiger partial charge in [-0.3, -0.25) is 12.2 Å². The van der Waals surface area contributed by atoms with Crippen molar-refractivity contribution in [1.29, 1.82) is 0 Å². The van der Waals surface area contributed by atoms with Gasteiger partial charge in [0.1, 0.15) is 5.82 Å². The molecule has 0 saturated carbocycles. The maximum atomic E-state index is 4.60. The summed E-state index contributed by atoms with van der Waals surface area (Å²) in [4.78, 5) is 6.80. The molecule has 9 rings (SSSR count). The molecule has 2 aliphatic heterocycles. The van der Waals surface area contributed by atoms with Crippen molar-refractivity contribution in [3.63, 3.8) is 0 Å². The van der Waals surface area contributed by atoms with Crippen LogP contribution in [-0.2, 0) is 26.2 Å². The number of hydrogen-bond donors (Lipinski definition) is 0. The molecule has 6 bridgehead atoms. The van der Waals surface area contributed by atoms with E-state index in [1.165, 1.54) is 37.9 Å². The van der Waals surface area contributed by atoms with E-state index in [0.29, 0.717) is 0 Å². The molecule has 1 aromatic heterocycles. The number of hydrogen-bond acceptors (Lipinski definition) is 2. The summed E-state index contributed by atoms with van der Waals surface area (Å²) in [6, 6.07) is 33.7. The van der Waals surface area contributed by atoms with Crippen LogP contribution < -0.4 is 29.7 Å². The Bertz CT molecular complexity index is 1810. The topological polar surface area (TPSA) is 16.1 Å². The first-order chi connectivity index (χ1) is 19.6. The van der Waals surface area contributed by atoms with Crippen molar-refractivity contribution >= 4 is 77.1 Å². The third kappa shape index (κ3) is 6.48. The predicted octanol–water partition coefficient (Wildman–Crippen LogP) is 4.77. The second kappa shape index (κ2) is 14.5. The number of pyridine rings is 1. The Morgan fingerprint density at radius 2 is 1.33 bits per heavy atom. The van der Waals surface area contributed by atoms with Gasteiger partial charge in [0.05, 0.1) is 0 Å². The molecule has 4 aromatic carbocycles. The van der Waals surface area contributed by atoms with Crippen LogP contribution in [0.5, 0.6) is 0 Å². The van der Waals surface area contributed by atoms with Crippen LogP contribution in [0.3, 0.4) is 0 Å². The number of anilines is 3. The minimum Gasteiger partial charge on any atom is -1.00 e. The molecule has 4 aliphatic rings. The number of allylic oxidation sites excluding steroid dienone is 2. The molecule has 210 valence electrons. The molecule has 0 fully saturated rings. The molecule has 0 radical (unpaired) electrons. The fourth-order valence-corrected chi connectivity index (χ4v) is 7.13. The van der Waals surface area contributed by atoms with Crippen LogP contribution in [0, 0.1) is 12.2 Å². The Morgan fingerprint density at radius 1 is 0.651 bits per heavy atom. The van der Waals surface area contributed by atoms with E-state index in [9.17, 15) is 0 Å². The number of aromatic nitrogens is 1. The van der Waals surface area contributed by atoms with Crippen LogP contribution >= 0.6 is 47.8 Å². The number of rotatable bonds is 2. The van der Waals surface area contributed by atoms with Gasteiger partial charge in [-0.25, -0.2) is 17.1 Å². The molecule has 2 aliphatic carbocycles. The van der Waals surface area contributed by atoms with Crippen LogP contribution in [0.4, 0.5) is 17.2 Å². The van der Waals surface area contributed by atoms with Gasteiger partial charge in [0, 0.05) is 25.3 Å². The molecule has 0 N–H and O–H groups in total. The normalized spacial score (nSPS) is 15.9. The van der Waals surface area contributed by atoms with E-state index in [2.05, 4.69) is 161 Å². The van der Waals surface area contributed by atoms with Crippen molar-refractivity contribution in [3.05, 3.63) is 162 Å². The van der Waals surface area contributed by atoms with Crippen LogP contribution in [0.25, 0.3) is 12.2 Å². The number of halogens is 5. The number of nitrogens with zero attached hydrogens (tertiary/aromatic N) is 2. The monoisotopic (exact) mass is 866 g/mol. The average molecular weight is 871 g/mol. The molecule has 5 aromatic rings. The fourth-order valence-electron chi connectivity index (χ4n) is 5.63. The van der Waals surface area contributed by atoms with Crippen LogP contribution in [-0.4, -0.2) is 4.98 Å². The van der Waals surface area contributed by atoms with Crippen molar-refractivity contribution < 1.29 is 51.0 Å². The third-order valence-electron chi connectivity index (χ3n) is 7.47. The van der Waals surface area contributed by atoms with Gasteiger partial charge < -0.3 is 29.7 Å². The van der Waals surface area contributed by atoms with Gasteiger partial charge in [-0.1, -0.05) is 131 Å². The molecule has 43 heavy (non-hydrogen) atoms. The van der Waals surface area contributed by atoms with E-state index >= 15 is 0 Å². The van der Waals surface area contributed by atoms with Gasteiger partial charge in [-0.05, 0) is 36.0 Å². The standard InChI is InChI=1S/C20H11Br2N2.C15H10Br.2ClH.Zr/c21-13-9-10-23-19(11-13)24-14-3-1-12(2-4-14)15-5-6-16-18(24)8-7-17(22)20(15)16;16-14-8-4-7-12-9-10-13(15(12)14)11-5-2-1-3-6-11;;;/h1-4,6-11,15H;1-9,13H;2*1H;/q2*-1;;;+4/p-2. The summed E-state index contributed by atoms with van der Waals surface area (Å²) in [5, 5.41) is 0. The maximum absolute atomic E-state index is 4.60. The van der Waals surface area contributed by atoms with Gasteiger partial charge in [0.15, 0.2) is 0 Å². The Kier molecular flexibility index (Phi) is 11.5. The Hall–Kier alpha value is -1.79. The van der Waals surface area contributed by atoms with E-state index in [0.717, 1.165) is 26.1 Å². The molecule has 2 atom stereocenters. The zero-order valence-electron chi connectivity index (χ0n) is 22.4. The van der Waals surface area contributed by atoms with Crippen LogP contribution in [0.15, 0.2) is 117 Å². The molecule has 3 heterocycles. The van der Waals surface area contributed by atoms with Gasteiger partial charge in [0.2, 0.25) is 0 Å². The third-order valence-corrected chi connectivity index (χ3v) is 9.35. The second-order valence-electron chi connectivity index (χ2n) is 9.79. The molecule has 0 amide bonds. The Morgan fingerprint density at radius 3 is 2.07 bits per heavy atom. The van der Waals surface area contributed by atoms with E-state index in [4.69, 9.17) is 0 Å². The first-order valence-electron chi connectivity index (χ1n) is 12.9. The van der Waals surface area contributed by atoms with Gasteiger partial charge in [-0.2, -0.15) is 5.56 Å². The van der Waals surface area contributed by atoms with Gasteiger partial charge in [-0.15, -0.1) is 22.8 Å². The van der Waals surface area contributed by atoms with E-state index in [1.54, 1.807) is 0 Å². The first-order valence-corrected chi connectivity index (χ1v) is 15.3. The quantitative estimate of drug-likeness (QED) is 0.238. The summed E-state index contributed by atoms with van der Waals surface area (Å²) in [7, 11) is 0. The van der Waals surface area contributed by atoms with Gasteiger partial charge >= 0.3 is 26.2 Å². The summed E-state index contributed by atoms with van der Waals surface area (Å²) in [5.41, 5.74) is 9.87. The van der Waals surface area contributed by atoms with Crippen molar-refractivity contribution in [2.45, 2.75) is 11.8 Å². The van der Waals surface area contributed by atoms with E-state index < -0.39 is 0 Å². The maximum Gasteiger partial charge on any atom is 4.00 e. The van der Waals surface area contributed by atoms with E-state index in [-0.39, 0.29) is 62.9 Å². The summed E-state index contributed by atoms with van der Waals surface area (Å²) in [6.07, 6.45) is 13.0. The van der Waals surface area contributed by atoms with Crippen molar-refractivity contribution in [1.82, 2.24) is 4.98 Å². The zero-order valence-corrected chi connectivity index (χ0v) is 31.1. The SMILES string of the molecule is Brc1cccc2c1C(c1ccccc1)[C-]=C2.Brc1ccnc(N2c3ccc(cc3)C3[C-]=Cc4c2ccc(Br)c43)c1.[Cl-].[Cl-].[Zr+4]. The van der Waals surface area contributed by atoms with Gasteiger partial charge in [0.25, 0.3) is 0 Å². The average Bonchev–Trinajstić information content (AvgIpc) is 3.64. The second-order valence-corrected chi connectivity index (χ2v) is 12.4. The summed E-state index contributed by atoms with van der Waals surface area (Å²) >= 11 is 10.9. The Balaban J connectivity index is 0.000000197. The molecule has 8 heteroatoms. The summed E-state index contributed by atoms with van der Waals surface area (Å²) in [6.45, 7) is 0. The van der Waals surface area contributed by atoms with E-state index in [1.807, 2.05) is 24.4 Å². The first kappa shape index (κ1) is 34.1. The zero-order chi connectivity index (χ0) is 27.2. The van der Waals surface area contributed by atoms with Crippen molar-refractivity contribution in [2.75, 3.05) is 4.90 Å². The smallest absolute Gasteiger partial charge is 1.00 e. The predicted molar refractivity (Wildman–Crippen MR) is 174 cm³/mol. The minimum absolute atomic E-state index is 0. The largest absolute Gasteiger partial charge is 4.00 e. The molecular weight excluding hydrogens is 850 g/mol. The van der Waals surface area contributed by atoms with Crippen molar-refractivity contribution in [2.24, 2.45) is 0 Å².